The highest BCUT2D eigenvalue weighted by atomic mass is 19.4. The van der Waals surface area contributed by atoms with Gasteiger partial charge in [-0.05, 0) is 43.2 Å². The van der Waals surface area contributed by atoms with Crippen LogP contribution in [0, 0.1) is 5.92 Å². The monoisotopic (exact) mass is 432 g/mol. The van der Waals surface area contributed by atoms with Crippen LogP contribution in [0.15, 0.2) is 42.6 Å². The fraction of sp³-hybridized carbons (Fsp3) is 0.364. The zero-order valence-electron chi connectivity index (χ0n) is 16.9. The Kier molecular flexibility index (Phi) is 5.62. The van der Waals surface area contributed by atoms with Crippen LogP contribution in [0.25, 0.3) is 6.08 Å². The summed E-state index contributed by atoms with van der Waals surface area (Å²) in [6, 6.07) is 7.94. The molecule has 4 rings (SSSR count). The highest BCUT2D eigenvalue weighted by Crippen LogP contribution is 2.34. The Morgan fingerprint density at radius 1 is 1.19 bits per heavy atom. The molecule has 0 bridgehead atoms. The van der Waals surface area contributed by atoms with Crippen LogP contribution in [-0.4, -0.2) is 42.4 Å². The molecule has 164 valence electrons. The summed E-state index contributed by atoms with van der Waals surface area (Å²) in [5.41, 5.74) is 1.58. The Morgan fingerprint density at radius 2 is 1.94 bits per heavy atom. The van der Waals surface area contributed by atoms with E-state index in [9.17, 15) is 23.1 Å². The van der Waals surface area contributed by atoms with Crippen LogP contribution < -0.4 is 15.1 Å². The van der Waals surface area contributed by atoms with Gasteiger partial charge in [0.25, 0.3) is 0 Å². The third-order valence-electron chi connectivity index (χ3n) is 5.82. The summed E-state index contributed by atoms with van der Waals surface area (Å²) in [5, 5.41) is 13.0. The first-order chi connectivity index (χ1) is 14.7. The number of carbonyl (C=O) groups excluding carboxylic acids is 1. The lowest BCUT2D eigenvalue weighted by molar-refractivity contribution is -0.137. The number of benzene rings is 1. The van der Waals surface area contributed by atoms with Crippen molar-refractivity contribution in [2.75, 3.05) is 35.3 Å². The van der Waals surface area contributed by atoms with Gasteiger partial charge in [-0.1, -0.05) is 12.1 Å². The number of aliphatic hydroxyl groups excluding tert-OH is 1. The number of hydrogen-bond acceptors (Lipinski definition) is 5. The van der Waals surface area contributed by atoms with Crippen LogP contribution in [-0.2, 0) is 11.0 Å². The van der Waals surface area contributed by atoms with Gasteiger partial charge in [-0.3, -0.25) is 4.79 Å². The maximum atomic E-state index is 12.8. The Morgan fingerprint density at radius 3 is 2.58 bits per heavy atom. The van der Waals surface area contributed by atoms with Crippen LogP contribution in [0.4, 0.5) is 30.4 Å². The topological polar surface area (TPSA) is 68.7 Å². The summed E-state index contributed by atoms with van der Waals surface area (Å²) in [6.07, 6.45) is 0.350. The van der Waals surface area contributed by atoms with Crippen molar-refractivity contribution in [3.05, 3.63) is 53.7 Å². The molecule has 1 saturated heterocycles. The molecular weight excluding hydrogens is 409 g/mol. The average molecular weight is 432 g/mol. The number of rotatable bonds is 3. The molecular formula is C22H23F3N4O2. The number of hydrogen-bond donors (Lipinski definition) is 2. The standard InChI is InChI=1S/C22H23F3N4O2/c1-28-18-4-2-3-17(16(18)6-8-20(28)30)27-21(31)14-9-11-29(12-10-14)19-7-5-15(13-26-19)22(23,24)25/h2-8,13-14,20,30H,9-12H2,1H3,(H,27,31). The van der Waals surface area contributed by atoms with Crippen LogP contribution in [0.1, 0.15) is 24.0 Å². The molecule has 2 N–H and O–H groups in total. The van der Waals surface area contributed by atoms with Crippen molar-refractivity contribution in [1.29, 1.82) is 0 Å². The van der Waals surface area contributed by atoms with Gasteiger partial charge in [0, 0.05) is 43.5 Å². The Balaban J connectivity index is 1.38. The minimum atomic E-state index is -4.41. The molecule has 0 radical (unpaired) electrons. The van der Waals surface area contributed by atoms with Crippen LogP contribution in [0.3, 0.4) is 0 Å². The molecule has 1 atom stereocenters. The summed E-state index contributed by atoms with van der Waals surface area (Å²) in [6.45, 7) is 1.08. The Labute approximate surface area is 178 Å². The number of halogens is 3. The first-order valence-electron chi connectivity index (χ1n) is 10.1. The minimum Gasteiger partial charge on any atom is -0.370 e. The molecule has 1 aromatic carbocycles. The van der Waals surface area contributed by atoms with Crippen molar-refractivity contribution in [3.8, 4) is 0 Å². The van der Waals surface area contributed by atoms with E-state index < -0.39 is 18.0 Å². The van der Waals surface area contributed by atoms with E-state index in [2.05, 4.69) is 10.3 Å². The number of nitrogens with zero attached hydrogens (tertiary/aromatic N) is 3. The fourth-order valence-electron chi connectivity index (χ4n) is 3.95. The lowest BCUT2D eigenvalue weighted by Gasteiger charge is -2.33. The van der Waals surface area contributed by atoms with Gasteiger partial charge in [0.15, 0.2) is 0 Å². The first-order valence-corrected chi connectivity index (χ1v) is 10.1. The van der Waals surface area contributed by atoms with Crippen LogP contribution in [0.5, 0.6) is 0 Å². The van der Waals surface area contributed by atoms with Crippen molar-refractivity contribution in [2.24, 2.45) is 5.92 Å². The normalized spacial score (nSPS) is 19.3. The highest BCUT2D eigenvalue weighted by molar-refractivity contribution is 5.96. The molecule has 0 spiro atoms. The molecule has 31 heavy (non-hydrogen) atoms. The molecule has 2 aliphatic heterocycles. The molecule has 1 aromatic heterocycles. The molecule has 1 fully saturated rings. The van der Waals surface area contributed by atoms with Crippen molar-refractivity contribution in [3.63, 3.8) is 0 Å². The second kappa shape index (κ2) is 8.22. The minimum absolute atomic E-state index is 0.0874. The summed E-state index contributed by atoms with van der Waals surface area (Å²) in [5.74, 6) is 0.198. The number of fused-ring (bicyclic) bond motifs is 1. The molecule has 1 unspecified atom stereocenters. The molecule has 3 heterocycles. The van der Waals surface area contributed by atoms with Gasteiger partial charge in [0.05, 0.1) is 11.3 Å². The Hall–Kier alpha value is -3.07. The maximum Gasteiger partial charge on any atom is 0.417 e. The fourth-order valence-corrected chi connectivity index (χ4v) is 3.95. The number of aliphatic hydroxyl groups is 1. The van der Waals surface area contributed by atoms with Gasteiger partial charge >= 0.3 is 6.18 Å². The van der Waals surface area contributed by atoms with Gasteiger partial charge in [0.1, 0.15) is 12.0 Å². The van der Waals surface area contributed by atoms with Gasteiger partial charge in [-0.15, -0.1) is 0 Å². The van der Waals surface area contributed by atoms with Crippen molar-refractivity contribution in [1.82, 2.24) is 4.98 Å². The number of piperidine rings is 1. The number of anilines is 3. The molecule has 6 nitrogen and oxygen atoms in total. The third kappa shape index (κ3) is 4.36. The van der Waals surface area contributed by atoms with Gasteiger partial charge in [0.2, 0.25) is 5.91 Å². The zero-order chi connectivity index (χ0) is 22.2. The number of alkyl halides is 3. The molecule has 0 saturated carbocycles. The second-order valence-electron chi connectivity index (χ2n) is 7.78. The number of carbonyl (C=O) groups is 1. The summed E-state index contributed by atoms with van der Waals surface area (Å²) in [7, 11) is 1.78. The zero-order valence-corrected chi connectivity index (χ0v) is 16.9. The van der Waals surface area contributed by atoms with E-state index in [1.54, 1.807) is 24.1 Å². The first kappa shape index (κ1) is 21.2. The van der Waals surface area contributed by atoms with Crippen molar-refractivity contribution in [2.45, 2.75) is 25.2 Å². The van der Waals surface area contributed by atoms with E-state index in [0.717, 1.165) is 23.5 Å². The summed E-state index contributed by atoms with van der Waals surface area (Å²) < 4.78 is 38.1. The SMILES string of the molecule is CN1c2cccc(NC(=O)C3CCN(c4ccc(C(F)(F)F)cn4)CC3)c2C=CC1O. The quantitative estimate of drug-likeness (QED) is 0.774. The van der Waals surface area contributed by atoms with Crippen LogP contribution >= 0.6 is 0 Å². The average Bonchev–Trinajstić information content (AvgIpc) is 2.76. The lowest BCUT2D eigenvalue weighted by atomic mass is 9.95. The van der Waals surface area contributed by atoms with E-state index >= 15 is 0 Å². The maximum absolute atomic E-state index is 12.8. The van der Waals surface area contributed by atoms with Gasteiger partial charge < -0.3 is 20.2 Å². The van der Waals surface area contributed by atoms with Gasteiger partial charge in [-0.25, -0.2) is 4.98 Å². The third-order valence-corrected chi connectivity index (χ3v) is 5.82. The number of pyridine rings is 1. The molecule has 9 heteroatoms. The van der Waals surface area contributed by atoms with Gasteiger partial charge in [-0.2, -0.15) is 13.2 Å². The molecule has 2 aromatic rings. The summed E-state index contributed by atoms with van der Waals surface area (Å²) >= 11 is 0. The van der Waals surface area contributed by atoms with E-state index in [4.69, 9.17) is 0 Å². The van der Waals surface area contributed by atoms with E-state index in [0.29, 0.717) is 37.4 Å². The number of likely N-dealkylation sites (N-methyl/N-ethyl adjacent to an activating group) is 1. The predicted octanol–water partition coefficient (Wildman–Crippen LogP) is 3.74. The molecule has 1 amide bonds. The lowest BCUT2D eigenvalue weighted by Crippen LogP contribution is -2.38. The highest BCUT2D eigenvalue weighted by Gasteiger charge is 2.31. The smallest absolute Gasteiger partial charge is 0.370 e. The molecule has 0 aliphatic carbocycles. The van der Waals surface area contributed by atoms with E-state index in [-0.39, 0.29) is 11.8 Å². The molecule has 2 aliphatic rings. The largest absolute Gasteiger partial charge is 0.417 e. The predicted molar refractivity (Wildman–Crippen MR) is 113 cm³/mol. The Bertz CT molecular complexity index is 983. The van der Waals surface area contributed by atoms with E-state index in [1.165, 1.54) is 6.07 Å². The van der Waals surface area contributed by atoms with Crippen molar-refractivity contribution >= 4 is 29.2 Å². The number of nitrogens with one attached hydrogen (secondary N) is 1. The second-order valence-corrected chi connectivity index (χ2v) is 7.78. The van der Waals surface area contributed by atoms with Crippen LogP contribution in [0.2, 0.25) is 0 Å². The van der Waals surface area contributed by atoms with Crippen molar-refractivity contribution < 1.29 is 23.1 Å². The number of amides is 1. The summed E-state index contributed by atoms with van der Waals surface area (Å²) in [4.78, 5) is 20.4. The van der Waals surface area contributed by atoms with E-state index in [1.807, 2.05) is 23.1 Å². The number of aromatic nitrogens is 1.